The predicted octanol–water partition coefficient (Wildman–Crippen LogP) is 2.32. The van der Waals surface area contributed by atoms with E-state index in [0.29, 0.717) is 23.0 Å². The lowest BCUT2D eigenvalue weighted by atomic mass is 10.1. The number of aliphatic hydroxyl groups is 1. The third-order valence-electron chi connectivity index (χ3n) is 3.34. The molecule has 0 bridgehead atoms. The van der Waals surface area contributed by atoms with Crippen molar-refractivity contribution in [2.75, 3.05) is 29.2 Å². The van der Waals surface area contributed by atoms with Gasteiger partial charge in [0.2, 0.25) is 0 Å². The van der Waals surface area contributed by atoms with Gasteiger partial charge in [0.05, 0.1) is 16.8 Å². The molecule has 1 heterocycles. The lowest BCUT2D eigenvalue weighted by Gasteiger charge is -2.36. The van der Waals surface area contributed by atoms with Crippen LogP contribution in [0.3, 0.4) is 0 Å². The van der Waals surface area contributed by atoms with Crippen LogP contribution in [0.25, 0.3) is 0 Å². The van der Waals surface area contributed by atoms with Gasteiger partial charge in [-0.1, -0.05) is 17.7 Å². The predicted molar refractivity (Wildman–Crippen MR) is 85.4 cm³/mol. The summed E-state index contributed by atoms with van der Waals surface area (Å²) in [5.41, 5.74) is 1.44. The third kappa shape index (κ3) is 3.42. The molecule has 112 valence electrons. The van der Waals surface area contributed by atoms with E-state index < -0.39 is 21.3 Å². The number of hydrogen-bond acceptors (Lipinski definition) is 5. The zero-order valence-electron chi connectivity index (χ0n) is 11.4. The minimum Gasteiger partial charge on any atom is -0.389 e. The maximum atomic E-state index is 11.9. The summed E-state index contributed by atoms with van der Waals surface area (Å²) in [6.45, 7) is 2.32. The number of thioether (sulfide) groups is 1. The van der Waals surface area contributed by atoms with Crippen LogP contribution in [-0.4, -0.2) is 43.2 Å². The number of aliphatic hydroxyl groups excluding tert-OH is 1. The Kier molecular flexibility index (Phi) is 4.89. The first-order chi connectivity index (χ1) is 9.30. The summed E-state index contributed by atoms with van der Waals surface area (Å²) >= 11 is 7.91. The molecule has 2 atom stereocenters. The van der Waals surface area contributed by atoms with Crippen LogP contribution in [-0.2, 0) is 9.84 Å². The van der Waals surface area contributed by atoms with Gasteiger partial charge < -0.3 is 10.0 Å². The van der Waals surface area contributed by atoms with E-state index in [1.807, 2.05) is 4.90 Å². The maximum absolute atomic E-state index is 11.9. The molecule has 0 amide bonds. The number of nitrogens with zero attached hydrogens (tertiary/aromatic N) is 1. The van der Waals surface area contributed by atoms with Gasteiger partial charge in [0.1, 0.15) is 5.37 Å². The average molecular weight is 336 g/mol. The molecule has 1 saturated heterocycles. The number of benzene rings is 1. The van der Waals surface area contributed by atoms with Crippen LogP contribution < -0.4 is 4.90 Å². The number of rotatable bonds is 3. The van der Waals surface area contributed by atoms with Crippen LogP contribution in [0.5, 0.6) is 0 Å². The maximum Gasteiger partial charge on any atom is 0.169 e. The van der Waals surface area contributed by atoms with Crippen molar-refractivity contribution in [1.29, 1.82) is 0 Å². The molecule has 0 saturated carbocycles. The van der Waals surface area contributed by atoms with Gasteiger partial charge in [-0.2, -0.15) is 11.8 Å². The highest BCUT2D eigenvalue weighted by molar-refractivity contribution is 8.01. The first-order valence-electron chi connectivity index (χ1n) is 6.31. The second-order valence-corrected chi connectivity index (χ2v) is 8.70. The van der Waals surface area contributed by atoms with Gasteiger partial charge in [-0.25, -0.2) is 8.42 Å². The summed E-state index contributed by atoms with van der Waals surface area (Å²) in [5.74, 6) is 1.42. The van der Waals surface area contributed by atoms with Gasteiger partial charge in [0.25, 0.3) is 0 Å². The van der Waals surface area contributed by atoms with E-state index >= 15 is 0 Å². The molecule has 1 aliphatic heterocycles. The smallest absolute Gasteiger partial charge is 0.169 e. The molecule has 1 aromatic carbocycles. The lowest BCUT2D eigenvalue weighted by molar-refractivity contribution is 0.199. The summed E-state index contributed by atoms with van der Waals surface area (Å²) in [4.78, 5) is 1.85. The Morgan fingerprint density at radius 1 is 1.50 bits per heavy atom. The van der Waals surface area contributed by atoms with Crippen molar-refractivity contribution in [2.24, 2.45) is 0 Å². The van der Waals surface area contributed by atoms with E-state index in [1.165, 1.54) is 6.26 Å². The molecule has 1 aliphatic rings. The number of hydrogen-bond donors (Lipinski definition) is 1. The van der Waals surface area contributed by atoms with Gasteiger partial charge in [0, 0.05) is 24.3 Å². The van der Waals surface area contributed by atoms with Crippen LogP contribution in [0.15, 0.2) is 18.2 Å². The molecule has 1 aromatic rings. The topological polar surface area (TPSA) is 57.6 Å². The Morgan fingerprint density at radius 3 is 2.75 bits per heavy atom. The molecule has 0 aromatic heterocycles. The Bertz CT molecular complexity index is 589. The molecule has 0 aliphatic carbocycles. The Hall–Kier alpha value is -0.430. The van der Waals surface area contributed by atoms with Gasteiger partial charge in [-0.05, 0) is 24.6 Å². The molecule has 1 fully saturated rings. The molecule has 1 N–H and O–H groups in total. The van der Waals surface area contributed by atoms with Crippen molar-refractivity contribution in [1.82, 2.24) is 0 Å². The van der Waals surface area contributed by atoms with Crippen LogP contribution >= 0.6 is 23.4 Å². The lowest BCUT2D eigenvalue weighted by Crippen LogP contribution is -2.47. The Morgan fingerprint density at radius 2 is 2.20 bits per heavy atom. The zero-order valence-corrected chi connectivity index (χ0v) is 13.8. The summed E-state index contributed by atoms with van der Waals surface area (Å²) in [7, 11) is -3.17. The average Bonchev–Trinajstić information content (AvgIpc) is 2.37. The van der Waals surface area contributed by atoms with Crippen molar-refractivity contribution in [3.63, 3.8) is 0 Å². The van der Waals surface area contributed by atoms with Crippen LogP contribution in [0.1, 0.15) is 18.6 Å². The molecule has 0 spiro atoms. The Balaban J connectivity index is 2.38. The van der Waals surface area contributed by atoms with E-state index in [0.717, 1.165) is 11.3 Å². The van der Waals surface area contributed by atoms with Crippen molar-refractivity contribution >= 4 is 38.9 Å². The number of anilines is 1. The zero-order chi connectivity index (χ0) is 14.9. The normalized spacial score (nSPS) is 21.8. The molecule has 7 heteroatoms. The van der Waals surface area contributed by atoms with Crippen LogP contribution in [0.2, 0.25) is 5.02 Å². The largest absolute Gasteiger partial charge is 0.389 e. The van der Waals surface area contributed by atoms with Crippen LogP contribution in [0, 0.1) is 0 Å². The number of sulfone groups is 1. The van der Waals surface area contributed by atoms with E-state index in [9.17, 15) is 13.5 Å². The number of halogens is 1. The molecular weight excluding hydrogens is 318 g/mol. The van der Waals surface area contributed by atoms with E-state index in [2.05, 4.69) is 0 Å². The molecule has 20 heavy (non-hydrogen) atoms. The monoisotopic (exact) mass is 335 g/mol. The van der Waals surface area contributed by atoms with E-state index in [-0.39, 0.29) is 0 Å². The van der Waals surface area contributed by atoms with Crippen molar-refractivity contribution in [2.45, 2.75) is 18.4 Å². The van der Waals surface area contributed by atoms with Gasteiger partial charge in [-0.3, -0.25) is 0 Å². The summed E-state index contributed by atoms with van der Waals surface area (Å²) in [5, 5.41) is 9.49. The molecule has 4 nitrogen and oxygen atoms in total. The molecule has 2 rings (SSSR count). The first-order valence-corrected chi connectivity index (χ1v) is 9.80. The van der Waals surface area contributed by atoms with Crippen molar-refractivity contribution in [3.05, 3.63) is 28.8 Å². The highest BCUT2D eigenvalue weighted by Crippen LogP contribution is 2.33. The van der Waals surface area contributed by atoms with Gasteiger partial charge in [0.15, 0.2) is 9.84 Å². The SMILES string of the molecule is C[C@H](O)c1ccc(N2CCSCC2S(C)(=O)=O)c(Cl)c1. The summed E-state index contributed by atoms with van der Waals surface area (Å²) in [6.07, 6.45) is 0.665. The molecular formula is C13H18ClNO3S2. The fraction of sp³-hybridized carbons (Fsp3) is 0.538. The standard InChI is InChI=1S/C13H18ClNO3S2/c1-9(16)10-3-4-12(11(14)7-10)15-5-6-19-8-13(15)20(2,17)18/h3-4,7,9,13,16H,5-6,8H2,1-2H3/t9-,13?/m0/s1. The minimum absolute atomic E-state index is 0.476. The van der Waals surface area contributed by atoms with Crippen LogP contribution in [0.4, 0.5) is 5.69 Å². The van der Waals surface area contributed by atoms with Gasteiger partial charge in [-0.15, -0.1) is 0 Å². The van der Waals surface area contributed by atoms with Crippen molar-refractivity contribution < 1.29 is 13.5 Å². The summed E-state index contributed by atoms with van der Waals surface area (Å²) < 4.78 is 23.8. The van der Waals surface area contributed by atoms with Gasteiger partial charge >= 0.3 is 0 Å². The quantitative estimate of drug-likeness (QED) is 0.918. The van der Waals surface area contributed by atoms with Crippen molar-refractivity contribution in [3.8, 4) is 0 Å². The van der Waals surface area contributed by atoms with E-state index in [1.54, 1.807) is 36.9 Å². The Labute approximate surface area is 129 Å². The minimum atomic E-state index is -3.17. The molecule has 1 unspecified atom stereocenters. The highest BCUT2D eigenvalue weighted by atomic mass is 35.5. The highest BCUT2D eigenvalue weighted by Gasteiger charge is 2.32. The fourth-order valence-corrected chi connectivity index (χ4v) is 5.36. The van der Waals surface area contributed by atoms with E-state index in [4.69, 9.17) is 11.6 Å². The molecule has 0 radical (unpaired) electrons. The second kappa shape index (κ2) is 6.13. The summed E-state index contributed by atoms with van der Waals surface area (Å²) in [6, 6.07) is 5.27. The second-order valence-electron chi connectivity index (χ2n) is 4.94. The third-order valence-corrected chi connectivity index (χ3v) is 6.29. The first kappa shape index (κ1) is 15.9. The fourth-order valence-electron chi connectivity index (χ4n) is 2.23.